The highest BCUT2D eigenvalue weighted by Gasteiger charge is 2.26. The fraction of sp³-hybridized carbons (Fsp3) is 0.667. The summed E-state index contributed by atoms with van der Waals surface area (Å²) in [5.74, 6) is -0.886. The summed E-state index contributed by atoms with van der Waals surface area (Å²) in [6.45, 7) is 10.7. The summed E-state index contributed by atoms with van der Waals surface area (Å²) in [5.41, 5.74) is 0.441. The fourth-order valence-corrected chi connectivity index (χ4v) is 2.45. The van der Waals surface area contributed by atoms with Crippen LogP contribution >= 0.6 is 11.3 Å². The fourth-order valence-electron chi connectivity index (χ4n) is 1.38. The molecule has 0 aromatic carbocycles. The van der Waals surface area contributed by atoms with Gasteiger partial charge in [-0.25, -0.2) is 9.78 Å². The molecule has 0 bridgehead atoms. The Morgan fingerprint density at radius 3 is 2.41 bits per heavy atom. The summed E-state index contributed by atoms with van der Waals surface area (Å²) in [6.07, 6.45) is 0. The van der Waals surface area contributed by atoms with Crippen LogP contribution in [0.4, 0.5) is 0 Å². The minimum absolute atomic E-state index is 0.236. The summed E-state index contributed by atoms with van der Waals surface area (Å²) in [6, 6.07) is 0.366. The van der Waals surface area contributed by atoms with Crippen LogP contribution in [-0.4, -0.2) is 22.1 Å². The zero-order chi connectivity index (χ0) is 13.2. The molecular formula is C12H20N2O2S. The molecule has 0 amide bonds. The van der Waals surface area contributed by atoms with Crippen molar-refractivity contribution in [2.24, 2.45) is 0 Å². The van der Waals surface area contributed by atoms with E-state index in [0.717, 1.165) is 5.01 Å². The molecule has 0 saturated carbocycles. The maximum atomic E-state index is 11.2. The van der Waals surface area contributed by atoms with E-state index >= 15 is 0 Å². The number of thiazole rings is 1. The van der Waals surface area contributed by atoms with Crippen molar-refractivity contribution in [1.29, 1.82) is 0 Å². The van der Waals surface area contributed by atoms with E-state index in [9.17, 15) is 4.79 Å². The lowest BCUT2D eigenvalue weighted by molar-refractivity contribution is 0.0699. The average Bonchev–Trinajstić information content (AvgIpc) is 2.57. The highest BCUT2D eigenvalue weighted by molar-refractivity contribution is 7.13. The molecule has 2 N–H and O–H groups in total. The summed E-state index contributed by atoms with van der Waals surface area (Å²) < 4.78 is 0. The van der Waals surface area contributed by atoms with Crippen LogP contribution in [0.25, 0.3) is 0 Å². The summed E-state index contributed by atoms with van der Waals surface area (Å²) >= 11 is 1.26. The van der Waals surface area contributed by atoms with Crippen molar-refractivity contribution in [3.8, 4) is 0 Å². The molecule has 0 fully saturated rings. The van der Waals surface area contributed by atoms with Gasteiger partial charge in [-0.15, -0.1) is 11.3 Å². The van der Waals surface area contributed by atoms with Gasteiger partial charge in [-0.05, 0) is 0 Å². The van der Waals surface area contributed by atoms with Gasteiger partial charge in [0.25, 0.3) is 0 Å². The predicted octanol–water partition coefficient (Wildman–Crippen LogP) is 2.64. The van der Waals surface area contributed by atoms with Gasteiger partial charge in [0.1, 0.15) is 9.88 Å². The summed E-state index contributed by atoms with van der Waals surface area (Å²) in [7, 11) is 0. The van der Waals surface area contributed by atoms with Crippen molar-refractivity contribution in [1.82, 2.24) is 10.3 Å². The second kappa shape index (κ2) is 5.14. The number of aromatic nitrogens is 1. The number of aromatic carboxylic acids is 1. The van der Waals surface area contributed by atoms with E-state index in [2.05, 4.69) is 24.1 Å². The molecule has 0 aliphatic carbocycles. The SMILES string of the molecule is CC(C)NCc1nc(C(C)(C)C)c(C(=O)O)s1. The molecule has 0 spiro atoms. The zero-order valence-electron chi connectivity index (χ0n) is 11.0. The van der Waals surface area contributed by atoms with Gasteiger partial charge < -0.3 is 10.4 Å². The number of nitrogens with zero attached hydrogens (tertiary/aromatic N) is 1. The number of carboxylic acid groups (broad SMARTS) is 1. The van der Waals surface area contributed by atoms with Gasteiger partial charge in [0, 0.05) is 18.0 Å². The first kappa shape index (κ1) is 14.1. The zero-order valence-corrected chi connectivity index (χ0v) is 11.8. The number of nitrogens with one attached hydrogen (secondary N) is 1. The Morgan fingerprint density at radius 1 is 1.47 bits per heavy atom. The third-order valence-corrected chi connectivity index (χ3v) is 3.28. The van der Waals surface area contributed by atoms with E-state index in [0.29, 0.717) is 23.2 Å². The number of hydrogen-bond donors (Lipinski definition) is 2. The molecule has 5 heteroatoms. The van der Waals surface area contributed by atoms with Gasteiger partial charge in [0.15, 0.2) is 0 Å². The van der Waals surface area contributed by atoms with Crippen LogP contribution in [0.1, 0.15) is 55.0 Å². The van der Waals surface area contributed by atoms with Gasteiger partial charge in [-0.2, -0.15) is 0 Å². The predicted molar refractivity (Wildman–Crippen MR) is 69.7 cm³/mol. The van der Waals surface area contributed by atoms with Crippen molar-refractivity contribution in [2.45, 2.75) is 52.6 Å². The Balaban J connectivity index is 3.01. The van der Waals surface area contributed by atoms with Crippen LogP contribution in [0.15, 0.2) is 0 Å². The largest absolute Gasteiger partial charge is 0.477 e. The Labute approximate surface area is 106 Å². The highest BCUT2D eigenvalue weighted by Crippen LogP contribution is 2.29. The second-order valence-corrected chi connectivity index (χ2v) is 6.46. The molecule has 0 saturated heterocycles. The van der Waals surface area contributed by atoms with Crippen molar-refractivity contribution in [3.63, 3.8) is 0 Å². The van der Waals surface area contributed by atoms with Gasteiger partial charge in [-0.3, -0.25) is 0 Å². The molecule has 1 aromatic heterocycles. The Bertz CT molecular complexity index is 405. The standard InChI is InChI=1S/C12H20N2O2S/c1-7(2)13-6-8-14-10(12(3,4)5)9(17-8)11(15)16/h7,13H,6H2,1-5H3,(H,15,16). The normalized spacial score (nSPS) is 12.1. The molecule has 4 nitrogen and oxygen atoms in total. The molecule has 0 aliphatic rings. The topological polar surface area (TPSA) is 62.2 Å². The molecule has 96 valence electrons. The Morgan fingerprint density at radius 2 is 2.06 bits per heavy atom. The monoisotopic (exact) mass is 256 g/mol. The highest BCUT2D eigenvalue weighted by atomic mass is 32.1. The molecule has 0 atom stereocenters. The number of carbonyl (C=O) groups is 1. The quantitative estimate of drug-likeness (QED) is 0.869. The number of hydrogen-bond acceptors (Lipinski definition) is 4. The molecule has 0 radical (unpaired) electrons. The first-order valence-corrected chi connectivity index (χ1v) is 6.50. The van der Waals surface area contributed by atoms with Crippen LogP contribution in [-0.2, 0) is 12.0 Å². The minimum atomic E-state index is -0.886. The van der Waals surface area contributed by atoms with Crippen LogP contribution in [0.5, 0.6) is 0 Å². The van der Waals surface area contributed by atoms with Crippen LogP contribution < -0.4 is 5.32 Å². The lowest BCUT2D eigenvalue weighted by Gasteiger charge is -2.16. The van der Waals surface area contributed by atoms with Gasteiger partial charge >= 0.3 is 5.97 Å². The lowest BCUT2D eigenvalue weighted by Crippen LogP contribution is -2.22. The van der Waals surface area contributed by atoms with Crippen LogP contribution in [0, 0.1) is 0 Å². The summed E-state index contributed by atoms with van der Waals surface area (Å²) in [5, 5.41) is 13.3. The van der Waals surface area contributed by atoms with Gasteiger partial charge in [0.2, 0.25) is 0 Å². The Hall–Kier alpha value is -0.940. The van der Waals surface area contributed by atoms with Crippen LogP contribution in [0.3, 0.4) is 0 Å². The average molecular weight is 256 g/mol. The van der Waals surface area contributed by atoms with Crippen molar-refractivity contribution >= 4 is 17.3 Å². The minimum Gasteiger partial charge on any atom is -0.477 e. The second-order valence-electron chi connectivity index (χ2n) is 5.38. The van der Waals surface area contributed by atoms with Crippen molar-refractivity contribution in [3.05, 3.63) is 15.6 Å². The maximum Gasteiger partial charge on any atom is 0.347 e. The van der Waals surface area contributed by atoms with Crippen LogP contribution in [0.2, 0.25) is 0 Å². The molecule has 0 unspecified atom stereocenters. The maximum absolute atomic E-state index is 11.2. The third kappa shape index (κ3) is 3.78. The summed E-state index contributed by atoms with van der Waals surface area (Å²) in [4.78, 5) is 16.0. The molecule has 1 rings (SSSR count). The van der Waals surface area contributed by atoms with E-state index in [1.165, 1.54) is 11.3 Å². The first-order valence-electron chi connectivity index (χ1n) is 5.68. The third-order valence-electron chi connectivity index (χ3n) is 2.24. The van der Waals surface area contributed by atoms with Gasteiger partial charge in [-0.1, -0.05) is 34.6 Å². The molecule has 1 heterocycles. The van der Waals surface area contributed by atoms with Gasteiger partial charge in [0.05, 0.1) is 5.69 Å². The lowest BCUT2D eigenvalue weighted by atomic mass is 9.91. The van der Waals surface area contributed by atoms with Crippen molar-refractivity contribution < 1.29 is 9.90 Å². The molecular weight excluding hydrogens is 236 g/mol. The number of carboxylic acids is 1. The number of rotatable bonds is 4. The Kier molecular flexibility index (Phi) is 4.27. The van der Waals surface area contributed by atoms with E-state index in [1.807, 2.05) is 20.8 Å². The molecule has 17 heavy (non-hydrogen) atoms. The van der Waals surface area contributed by atoms with E-state index < -0.39 is 5.97 Å². The molecule has 0 aliphatic heterocycles. The van der Waals surface area contributed by atoms with Crippen molar-refractivity contribution in [2.75, 3.05) is 0 Å². The van der Waals surface area contributed by atoms with E-state index in [1.54, 1.807) is 0 Å². The van der Waals surface area contributed by atoms with E-state index in [-0.39, 0.29) is 5.41 Å². The smallest absolute Gasteiger partial charge is 0.347 e. The van der Waals surface area contributed by atoms with E-state index in [4.69, 9.17) is 5.11 Å². The first-order chi connectivity index (χ1) is 7.71. The molecule has 1 aromatic rings.